The highest BCUT2D eigenvalue weighted by atomic mass is 127. The number of carbonyl (C=O) groups is 1. The Morgan fingerprint density at radius 3 is 2.55 bits per heavy atom. The van der Waals surface area contributed by atoms with Gasteiger partial charge in [-0.25, -0.2) is 0 Å². The van der Waals surface area contributed by atoms with Gasteiger partial charge in [0, 0.05) is 39.4 Å². The minimum absolute atomic E-state index is 0. The second-order valence-corrected chi connectivity index (χ2v) is 5.07. The fourth-order valence-corrected chi connectivity index (χ4v) is 2.42. The lowest BCUT2D eigenvalue weighted by atomic mass is 9.97. The van der Waals surface area contributed by atoms with Gasteiger partial charge < -0.3 is 19.7 Å². The molecule has 6 nitrogen and oxygen atoms in total. The third-order valence-corrected chi connectivity index (χ3v) is 3.58. The number of ether oxygens (including phenoxy) is 2. The average Bonchev–Trinajstić information content (AvgIpc) is 2.53. The van der Waals surface area contributed by atoms with Crippen LogP contribution >= 0.6 is 24.0 Å². The summed E-state index contributed by atoms with van der Waals surface area (Å²) in [6, 6.07) is 0. The van der Waals surface area contributed by atoms with Crippen molar-refractivity contribution in [2.45, 2.75) is 33.1 Å². The summed E-state index contributed by atoms with van der Waals surface area (Å²) in [6.07, 6.45) is 2.59. The van der Waals surface area contributed by atoms with Crippen molar-refractivity contribution >= 4 is 35.9 Å². The summed E-state index contributed by atoms with van der Waals surface area (Å²) < 4.78 is 10.1. The number of likely N-dealkylation sites (tertiary alicyclic amines) is 1. The molecule has 0 aliphatic carbocycles. The molecule has 0 aromatic rings. The monoisotopic (exact) mass is 427 g/mol. The Kier molecular flexibility index (Phi) is 12.6. The molecule has 0 bridgehead atoms. The van der Waals surface area contributed by atoms with E-state index < -0.39 is 0 Å². The fourth-order valence-electron chi connectivity index (χ4n) is 2.42. The molecule has 0 atom stereocenters. The van der Waals surface area contributed by atoms with Gasteiger partial charge in [0.05, 0.1) is 13.0 Å². The van der Waals surface area contributed by atoms with Gasteiger partial charge in [0.2, 0.25) is 0 Å². The van der Waals surface area contributed by atoms with E-state index in [2.05, 4.69) is 22.1 Å². The van der Waals surface area contributed by atoms with Crippen molar-refractivity contribution in [2.75, 3.05) is 46.5 Å². The molecule has 0 saturated carbocycles. The second-order valence-electron chi connectivity index (χ2n) is 5.07. The zero-order chi connectivity index (χ0) is 15.5. The number of esters is 1. The minimum atomic E-state index is -0.0895. The first kappa shape index (κ1) is 21.4. The topological polar surface area (TPSA) is 63.2 Å². The number of hydrogen-bond acceptors (Lipinski definition) is 4. The normalized spacial score (nSPS) is 16.1. The SMILES string of the molecule is CCNC(=NCCCOCC)N1CCC(C(=O)OC)CC1.I. The molecular formula is C15H30IN3O3. The van der Waals surface area contributed by atoms with Crippen LogP contribution in [0, 0.1) is 5.92 Å². The zero-order valence-corrected chi connectivity index (χ0v) is 16.3. The molecule has 0 unspecified atom stereocenters. The summed E-state index contributed by atoms with van der Waals surface area (Å²) in [6.45, 7) is 8.87. The summed E-state index contributed by atoms with van der Waals surface area (Å²) in [5, 5.41) is 3.32. The predicted octanol–water partition coefficient (Wildman–Crippen LogP) is 1.88. The minimum Gasteiger partial charge on any atom is -0.469 e. The Labute approximate surface area is 151 Å². The van der Waals surface area contributed by atoms with Crippen molar-refractivity contribution in [3.8, 4) is 0 Å². The maximum atomic E-state index is 11.5. The van der Waals surface area contributed by atoms with Gasteiger partial charge in [-0.2, -0.15) is 0 Å². The van der Waals surface area contributed by atoms with Crippen LogP contribution in [0.2, 0.25) is 0 Å². The van der Waals surface area contributed by atoms with Crippen molar-refractivity contribution in [3.05, 3.63) is 0 Å². The molecule has 0 radical (unpaired) electrons. The van der Waals surface area contributed by atoms with Crippen LogP contribution in [-0.4, -0.2) is 63.3 Å². The van der Waals surface area contributed by atoms with Crippen LogP contribution in [0.15, 0.2) is 4.99 Å². The summed E-state index contributed by atoms with van der Waals surface area (Å²) in [4.78, 5) is 18.4. The Bertz CT molecular complexity index is 332. The molecular weight excluding hydrogens is 397 g/mol. The van der Waals surface area contributed by atoms with Crippen LogP contribution < -0.4 is 5.32 Å². The van der Waals surface area contributed by atoms with Crippen molar-refractivity contribution in [3.63, 3.8) is 0 Å². The molecule has 0 aromatic heterocycles. The Morgan fingerprint density at radius 1 is 1.32 bits per heavy atom. The van der Waals surface area contributed by atoms with Gasteiger partial charge in [0.25, 0.3) is 0 Å². The van der Waals surface area contributed by atoms with E-state index in [0.717, 1.165) is 64.6 Å². The summed E-state index contributed by atoms with van der Waals surface area (Å²) in [5.74, 6) is 0.887. The van der Waals surface area contributed by atoms with Gasteiger partial charge in [-0.1, -0.05) is 0 Å². The highest BCUT2D eigenvalue weighted by molar-refractivity contribution is 14.0. The number of halogens is 1. The van der Waals surface area contributed by atoms with E-state index in [9.17, 15) is 4.79 Å². The maximum absolute atomic E-state index is 11.5. The third kappa shape index (κ3) is 7.62. The van der Waals surface area contributed by atoms with Crippen molar-refractivity contribution in [2.24, 2.45) is 10.9 Å². The number of hydrogen-bond donors (Lipinski definition) is 1. The number of nitrogens with zero attached hydrogens (tertiary/aromatic N) is 2. The van der Waals surface area contributed by atoms with E-state index in [1.54, 1.807) is 0 Å². The fraction of sp³-hybridized carbons (Fsp3) is 0.867. The predicted molar refractivity (Wildman–Crippen MR) is 98.8 cm³/mol. The molecule has 1 N–H and O–H groups in total. The van der Waals surface area contributed by atoms with E-state index in [4.69, 9.17) is 9.47 Å². The van der Waals surface area contributed by atoms with E-state index in [-0.39, 0.29) is 35.9 Å². The van der Waals surface area contributed by atoms with E-state index >= 15 is 0 Å². The van der Waals surface area contributed by atoms with E-state index in [1.165, 1.54) is 7.11 Å². The van der Waals surface area contributed by atoms with Gasteiger partial charge >= 0.3 is 5.97 Å². The largest absolute Gasteiger partial charge is 0.469 e. The van der Waals surface area contributed by atoms with Crippen LogP contribution in [0.1, 0.15) is 33.1 Å². The Balaban J connectivity index is 0.00000441. The van der Waals surface area contributed by atoms with Crippen molar-refractivity contribution in [1.82, 2.24) is 10.2 Å². The van der Waals surface area contributed by atoms with E-state index in [0.29, 0.717) is 0 Å². The number of nitrogens with one attached hydrogen (secondary N) is 1. The highest BCUT2D eigenvalue weighted by Crippen LogP contribution is 2.18. The lowest BCUT2D eigenvalue weighted by Crippen LogP contribution is -2.46. The van der Waals surface area contributed by atoms with Gasteiger partial charge in [-0.3, -0.25) is 9.79 Å². The van der Waals surface area contributed by atoms with Gasteiger partial charge in [0.1, 0.15) is 0 Å². The molecule has 1 saturated heterocycles. The van der Waals surface area contributed by atoms with E-state index in [1.807, 2.05) is 6.92 Å². The Morgan fingerprint density at radius 2 is 2.00 bits per heavy atom. The number of methoxy groups -OCH3 is 1. The van der Waals surface area contributed by atoms with Crippen molar-refractivity contribution < 1.29 is 14.3 Å². The lowest BCUT2D eigenvalue weighted by Gasteiger charge is -2.33. The second kappa shape index (κ2) is 12.9. The summed E-state index contributed by atoms with van der Waals surface area (Å²) in [5.41, 5.74) is 0. The van der Waals surface area contributed by atoms with Crippen LogP contribution in [-0.2, 0) is 14.3 Å². The number of rotatable bonds is 7. The molecule has 1 rings (SSSR count). The van der Waals surface area contributed by atoms with Gasteiger partial charge in [-0.05, 0) is 33.1 Å². The molecule has 1 fully saturated rings. The molecule has 1 heterocycles. The number of guanidine groups is 1. The number of carbonyl (C=O) groups excluding carboxylic acids is 1. The van der Waals surface area contributed by atoms with Crippen LogP contribution in [0.25, 0.3) is 0 Å². The summed E-state index contributed by atoms with van der Waals surface area (Å²) in [7, 11) is 1.46. The molecule has 7 heteroatoms. The number of aliphatic imine (C=N–C) groups is 1. The zero-order valence-electron chi connectivity index (χ0n) is 14.0. The average molecular weight is 427 g/mol. The quantitative estimate of drug-likeness (QED) is 0.221. The molecule has 1 aliphatic heterocycles. The molecule has 22 heavy (non-hydrogen) atoms. The smallest absolute Gasteiger partial charge is 0.308 e. The molecule has 130 valence electrons. The molecule has 1 aliphatic rings. The molecule has 0 amide bonds. The Hall–Kier alpha value is -0.570. The molecule has 0 spiro atoms. The first-order valence-electron chi connectivity index (χ1n) is 7.91. The lowest BCUT2D eigenvalue weighted by molar-refractivity contribution is -0.146. The third-order valence-electron chi connectivity index (χ3n) is 3.58. The summed E-state index contributed by atoms with van der Waals surface area (Å²) >= 11 is 0. The first-order chi connectivity index (χ1) is 10.2. The molecule has 0 aromatic carbocycles. The van der Waals surface area contributed by atoms with Gasteiger partial charge in [0.15, 0.2) is 5.96 Å². The van der Waals surface area contributed by atoms with Crippen LogP contribution in [0.3, 0.4) is 0 Å². The van der Waals surface area contributed by atoms with Crippen LogP contribution in [0.4, 0.5) is 0 Å². The first-order valence-corrected chi connectivity index (χ1v) is 7.91. The van der Waals surface area contributed by atoms with Crippen molar-refractivity contribution in [1.29, 1.82) is 0 Å². The highest BCUT2D eigenvalue weighted by Gasteiger charge is 2.26. The maximum Gasteiger partial charge on any atom is 0.308 e. The van der Waals surface area contributed by atoms with Crippen LogP contribution in [0.5, 0.6) is 0 Å². The standard InChI is InChI=1S/C15H29N3O3.HI/c1-4-16-15(17-9-6-12-21-5-2)18-10-7-13(8-11-18)14(19)20-3;/h13H,4-12H2,1-3H3,(H,16,17);1H. The van der Waals surface area contributed by atoms with Gasteiger partial charge in [-0.15, -0.1) is 24.0 Å². The number of piperidine rings is 1.